The molecule has 0 aliphatic rings. The van der Waals surface area contributed by atoms with E-state index in [2.05, 4.69) is 0 Å². The van der Waals surface area contributed by atoms with E-state index in [9.17, 15) is 9.90 Å². The number of carboxylic acid groups (broad SMARTS) is 1. The van der Waals surface area contributed by atoms with Crippen LogP contribution in [0.4, 0.5) is 5.69 Å². The van der Waals surface area contributed by atoms with Crippen molar-refractivity contribution in [2.75, 3.05) is 12.3 Å². The van der Waals surface area contributed by atoms with Crippen LogP contribution in [-0.4, -0.2) is 17.7 Å². The number of anilines is 1. The molecule has 2 rings (SSSR count). The van der Waals surface area contributed by atoms with E-state index in [0.717, 1.165) is 21.8 Å². The largest absolute Gasteiger partial charge is 0.494 e. The summed E-state index contributed by atoms with van der Waals surface area (Å²) in [6, 6.07) is 7.63. The molecular formula is C15H17NO3S. The van der Waals surface area contributed by atoms with Crippen LogP contribution in [0.25, 0.3) is 10.4 Å². The second kappa shape index (κ2) is 5.96. The first-order valence-electron chi connectivity index (χ1n) is 6.46. The Morgan fingerprint density at radius 2 is 1.95 bits per heavy atom. The summed E-state index contributed by atoms with van der Waals surface area (Å²) in [7, 11) is 0. The Hall–Kier alpha value is -2.01. The van der Waals surface area contributed by atoms with Crippen LogP contribution in [0.2, 0.25) is 0 Å². The van der Waals surface area contributed by atoms with Gasteiger partial charge in [0.15, 0.2) is 0 Å². The number of thiophene rings is 1. The van der Waals surface area contributed by atoms with E-state index < -0.39 is 5.97 Å². The number of ether oxygens (including phenoxy) is 1. The molecule has 1 aromatic heterocycles. The lowest BCUT2D eigenvalue weighted by Gasteiger charge is -2.05. The molecule has 0 amide bonds. The average molecular weight is 291 g/mol. The lowest BCUT2D eigenvalue weighted by Crippen LogP contribution is -1.99. The van der Waals surface area contributed by atoms with Crippen LogP contribution in [0.15, 0.2) is 24.3 Å². The predicted octanol–water partition coefficient (Wildman–Crippen LogP) is 3.66. The second-order valence-electron chi connectivity index (χ2n) is 4.27. The van der Waals surface area contributed by atoms with Gasteiger partial charge in [-0.1, -0.05) is 6.92 Å². The molecule has 106 valence electrons. The summed E-state index contributed by atoms with van der Waals surface area (Å²) in [6.45, 7) is 4.53. The van der Waals surface area contributed by atoms with Gasteiger partial charge in [-0.25, -0.2) is 4.79 Å². The number of hydrogen-bond acceptors (Lipinski definition) is 4. The third-order valence-corrected chi connectivity index (χ3v) is 4.31. The van der Waals surface area contributed by atoms with Gasteiger partial charge in [-0.05, 0) is 48.7 Å². The van der Waals surface area contributed by atoms with E-state index in [1.165, 1.54) is 11.3 Å². The first kappa shape index (κ1) is 14.4. The first-order chi connectivity index (χ1) is 9.58. The minimum absolute atomic E-state index is 0.214. The quantitative estimate of drug-likeness (QED) is 0.881. The Bertz CT molecular complexity index is 617. The highest BCUT2D eigenvalue weighted by atomic mass is 32.1. The van der Waals surface area contributed by atoms with Gasteiger partial charge in [-0.2, -0.15) is 0 Å². The van der Waals surface area contributed by atoms with Crippen molar-refractivity contribution in [1.82, 2.24) is 0 Å². The molecule has 20 heavy (non-hydrogen) atoms. The molecule has 1 heterocycles. The van der Waals surface area contributed by atoms with Crippen molar-refractivity contribution in [2.24, 2.45) is 0 Å². The number of carboxylic acids is 1. The number of nitrogen functional groups attached to an aromatic ring is 1. The van der Waals surface area contributed by atoms with Crippen LogP contribution in [0, 0.1) is 0 Å². The molecule has 0 saturated carbocycles. The van der Waals surface area contributed by atoms with Crippen molar-refractivity contribution in [3.8, 4) is 16.2 Å². The smallest absolute Gasteiger partial charge is 0.348 e. The fourth-order valence-electron chi connectivity index (χ4n) is 2.09. The highest BCUT2D eigenvalue weighted by Crippen LogP contribution is 2.39. The summed E-state index contributed by atoms with van der Waals surface area (Å²) in [6.07, 6.45) is 0.707. The Morgan fingerprint density at radius 1 is 1.30 bits per heavy atom. The molecule has 3 N–H and O–H groups in total. The van der Waals surface area contributed by atoms with Crippen molar-refractivity contribution < 1.29 is 14.6 Å². The van der Waals surface area contributed by atoms with Gasteiger partial charge in [0.2, 0.25) is 0 Å². The molecule has 5 heteroatoms. The number of rotatable bonds is 5. The zero-order chi connectivity index (χ0) is 14.7. The summed E-state index contributed by atoms with van der Waals surface area (Å²) >= 11 is 1.23. The maximum absolute atomic E-state index is 11.2. The third kappa shape index (κ3) is 2.63. The van der Waals surface area contributed by atoms with Crippen LogP contribution in [0.1, 0.15) is 29.1 Å². The topological polar surface area (TPSA) is 72.5 Å². The molecule has 0 radical (unpaired) electrons. The summed E-state index contributed by atoms with van der Waals surface area (Å²) in [4.78, 5) is 12.3. The van der Waals surface area contributed by atoms with Gasteiger partial charge >= 0.3 is 5.97 Å². The zero-order valence-corrected chi connectivity index (χ0v) is 12.3. The molecule has 0 fully saturated rings. The molecule has 1 aromatic carbocycles. The number of carbonyl (C=O) groups is 1. The van der Waals surface area contributed by atoms with Crippen LogP contribution < -0.4 is 10.5 Å². The van der Waals surface area contributed by atoms with Crippen molar-refractivity contribution in [3.63, 3.8) is 0 Å². The monoisotopic (exact) mass is 291 g/mol. The van der Waals surface area contributed by atoms with Gasteiger partial charge in [0.05, 0.1) is 12.3 Å². The Balaban J connectivity index is 2.46. The van der Waals surface area contributed by atoms with Gasteiger partial charge in [0, 0.05) is 4.88 Å². The van der Waals surface area contributed by atoms with Crippen molar-refractivity contribution >= 4 is 23.0 Å². The summed E-state index contributed by atoms with van der Waals surface area (Å²) in [5.74, 6) is -0.170. The lowest BCUT2D eigenvalue weighted by atomic mass is 10.1. The summed E-state index contributed by atoms with van der Waals surface area (Å²) in [5, 5.41) is 9.17. The van der Waals surface area contributed by atoms with Gasteiger partial charge in [-0.3, -0.25) is 0 Å². The Kier molecular flexibility index (Phi) is 4.29. The maximum atomic E-state index is 11.2. The summed E-state index contributed by atoms with van der Waals surface area (Å²) < 4.78 is 5.41. The number of hydrogen-bond donors (Lipinski definition) is 2. The molecule has 0 aliphatic heterocycles. The van der Waals surface area contributed by atoms with E-state index in [4.69, 9.17) is 10.5 Å². The highest BCUT2D eigenvalue weighted by Gasteiger charge is 2.20. The number of benzene rings is 1. The molecule has 0 bridgehead atoms. The van der Waals surface area contributed by atoms with E-state index >= 15 is 0 Å². The van der Waals surface area contributed by atoms with E-state index in [1.54, 1.807) is 0 Å². The van der Waals surface area contributed by atoms with E-state index in [0.29, 0.717) is 18.7 Å². The highest BCUT2D eigenvalue weighted by molar-refractivity contribution is 7.18. The first-order valence-corrected chi connectivity index (χ1v) is 7.27. The van der Waals surface area contributed by atoms with Gasteiger partial charge < -0.3 is 15.6 Å². The van der Waals surface area contributed by atoms with Crippen LogP contribution >= 0.6 is 11.3 Å². The molecular weight excluding hydrogens is 274 g/mol. The lowest BCUT2D eigenvalue weighted by molar-refractivity contribution is 0.0703. The Morgan fingerprint density at radius 3 is 2.45 bits per heavy atom. The molecule has 0 saturated heterocycles. The molecule has 2 aromatic rings. The third-order valence-electron chi connectivity index (χ3n) is 3.02. The number of nitrogens with two attached hydrogens (primary N) is 1. The zero-order valence-electron chi connectivity index (χ0n) is 11.5. The SMILES string of the molecule is CCOc1ccc(-c2sc(C(=O)O)c(N)c2CC)cc1. The van der Waals surface area contributed by atoms with Gasteiger partial charge in [-0.15, -0.1) is 11.3 Å². The molecule has 0 spiro atoms. The second-order valence-corrected chi connectivity index (χ2v) is 5.29. The predicted molar refractivity (Wildman–Crippen MR) is 81.7 cm³/mol. The molecule has 0 unspecified atom stereocenters. The summed E-state index contributed by atoms with van der Waals surface area (Å²) in [5.41, 5.74) is 8.19. The Labute approximate surface area is 121 Å². The van der Waals surface area contributed by atoms with E-state index in [-0.39, 0.29) is 4.88 Å². The average Bonchev–Trinajstić information content (AvgIpc) is 2.77. The van der Waals surface area contributed by atoms with Crippen molar-refractivity contribution in [2.45, 2.75) is 20.3 Å². The fourth-order valence-corrected chi connectivity index (χ4v) is 3.25. The molecule has 4 nitrogen and oxygen atoms in total. The standard InChI is InChI=1S/C15H17NO3S/c1-3-11-12(16)14(15(17)18)20-13(11)9-5-7-10(8-6-9)19-4-2/h5-8H,3-4,16H2,1-2H3,(H,17,18). The minimum atomic E-state index is -0.973. The van der Waals surface area contributed by atoms with Crippen molar-refractivity contribution in [1.29, 1.82) is 0 Å². The normalized spacial score (nSPS) is 10.5. The van der Waals surface area contributed by atoms with Crippen molar-refractivity contribution in [3.05, 3.63) is 34.7 Å². The van der Waals surface area contributed by atoms with Crippen LogP contribution in [0.3, 0.4) is 0 Å². The van der Waals surface area contributed by atoms with Gasteiger partial charge in [0.1, 0.15) is 10.6 Å². The van der Waals surface area contributed by atoms with Crippen LogP contribution in [0.5, 0.6) is 5.75 Å². The van der Waals surface area contributed by atoms with Crippen LogP contribution in [-0.2, 0) is 6.42 Å². The molecule has 0 aliphatic carbocycles. The minimum Gasteiger partial charge on any atom is -0.494 e. The van der Waals surface area contributed by atoms with Gasteiger partial charge in [0.25, 0.3) is 0 Å². The fraction of sp³-hybridized carbons (Fsp3) is 0.267. The van der Waals surface area contributed by atoms with E-state index in [1.807, 2.05) is 38.1 Å². The molecule has 0 atom stereocenters. The maximum Gasteiger partial charge on any atom is 0.348 e. The number of aromatic carboxylic acids is 1.